The maximum Gasteiger partial charge on any atom is 0.315 e. The topological polar surface area (TPSA) is 160 Å². The van der Waals surface area contributed by atoms with Crippen LogP contribution in [0.15, 0.2) is 0 Å². The number of rotatable bonds is 8. The van der Waals surface area contributed by atoms with Crippen molar-refractivity contribution >= 4 is 29.5 Å². The molecule has 2 unspecified atom stereocenters. The number of urea groups is 1. The number of nitrogens with two attached hydrogens (primary N) is 1. The number of likely N-dealkylation sites (tertiary alicyclic amines) is 1. The van der Waals surface area contributed by atoms with Crippen LogP contribution in [0.4, 0.5) is 4.79 Å². The van der Waals surface area contributed by atoms with E-state index in [0.717, 1.165) is 19.3 Å². The summed E-state index contributed by atoms with van der Waals surface area (Å²) in [5.41, 5.74) is 3.65. The molecule has 0 bridgehead atoms. The lowest BCUT2D eigenvalue weighted by Gasteiger charge is -2.37. The van der Waals surface area contributed by atoms with Crippen molar-refractivity contribution in [2.24, 2.45) is 23.0 Å². The number of ether oxygens (including phenoxy) is 1. The van der Waals surface area contributed by atoms with Gasteiger partial charge in [0.1, 0.15) is 12.1 Å². The standard InChI is InChI=1S/C28H47N5O6/c1-26(2,3)21(31-25(38)32-27(4,5)6)24(37)33-14-18-16(13-28(7,8)39-18)19(33)23(36)30-17(20(34)22(29)35)12-15-10-9-11-15/h15-19,21H,9-14H2,1-8H3,(H2,29,35)(H,30,36)(H2,31,32,38)/t16-,17-,18-,19?,21?/m0/s1. The lowest BCUT2D eigenvalue weighted by molar-refractivity contribution is -0.145. The number of Topliss-reactive ketones (excluding diaryl/α,β-unsaturated/α-hetero) is 1. The average molecular weight is 550 g/mol. The van der Waals surface area contributed by atoms with Crippen molar-refractivity contribution in [2.45, 2.75) is 123 Å². The molecule has 5 N–H and O–H groups in total. The molecule has 11 nitrogen and oxygen atoms in total. The van der Waals surface area contributed by atoms with Gasteiger partial charge in [-0.15, -0.1) is 0 Å². The van der Waals surface area contributed by atoms with E-state index in [1.807, 2.05) is 55.4 Å². The summed E-state index contributed by atoms with van der Waals surface area (Å²) in [5, 5.41) is 8.42. The first-order valence-electron chi connectivity index (χ1n) is 14.0. The molecule has 0 aromatic rings. The van der Waals surface area contributed by atoms with Crippen LogP contribution in [-0.4, -0.2) is 76.4 Å². The van der Waals surface area contributed by atoms with E-state index >= 15 is 0 Å². The van der Waals surface area contributed by atoms with Gasteiger partial charge in [0.05, 0.1) is 17.7 Å². The maximum atomic E-state index is 14.1. The Balaban J connectivity index is 1.89. The van der Waals surface area contributed by atoms with Gasteiger partial charge in [-0.05, 0) is 58.8 Å². The van der Waals surface area contributed by atoms with Gasteiger partial charge < -0.3 is 31.3 Å². The Bertz CT molecular complexity index is 993. The molecule has 11 heteroatoms. The fourth-order valence-corrected chi connectivity index (χ4v) is 5.88. The zero-order valence-electron chi connectivity index (χ0n) is 24.7. The number of amides is 5. The Morgan fingerprint density at radius 1 is 1.03 bits per heavy atom. The molecular formula is C28H47N5O6. The molecule has 3 fully saturated rings. The number of primary amides is 1. The molecule has 3 rings (SSSR count). The lowest BCUT2D eigenvalue weighted by Crippen LogP contribution is -2.62. The van der Waals surface area contributed by atoms with Gasteiger partial charge in [0.2, 0.25) is 17.6 Å². The third-order valence-electron chi connectivity index (χ3n) is 7.89. The zero-order chi connectivity index (χ0) is 29.5. The van der Waals surface area contributed by atoms with Gasteiger partial charge in [0.25, 0.3) is 5.91 Å². The van der Waals surface area contributed by atoms with E-state index in [2.05, 4.69) is 16.0 Å². The highest BCUT2D eigenvalue weighted by Crippen LogP contribution is 2.43. The van der Waals surface area contributed by atoms with Crippen molar-refractivity contribution in [1.82, 2.24) is 20.9 Å². The largest absolute Gasteiger partial charge is 0.370 e. The molecule has 220 valence electrons. The molecule has 39 heavy (non-hydrogen) atoms. The van der Waals surface area contributed by atoms with Crippen LogP contribution in [0, 0.1) is 17.3 Å². The van der Waals surface area contributed by atoms with Gasteiger partial charge in [0, 0.05) is 18.0 Å². The van der Waals surface area contributed by atoms with Crippen molar-refractivity contribution in [1.29, 1.82) is 0 Å². The van der Waals surface area contributed by atoms with Crippen molar-refractivity contribution in [3.8, 4) is 0 Å². The highest BCUT2D eigenvalue weighted by atomic mass is 16.5. The third kappa shape index (κ3) is 7.49. The molecule has 0 radical (unpaired) electrons. The highest BCUT2D eigenvalue weighted by molar-refractivity contribution is 6.37. The van der Waals surface area contributed by atoms with Crippen LogP contribution >= 0.6 is 0 Å². The summed E-state index contributed by atoms with van der Waals surface area (Å²) in [5.74, 6) is -2.91. The summed E-state index contributed by atoms with van der Waals surface area (Å²) in [4.78, 5) is 66.6. The Labute approximate surface area is 231 Å². The second kappa shape index (κ2) is 11.1. The molecule has 2 heterocycles. The Kier molecular flexibility index (Phi) is 8.75. The quantitative estimate of drug-likeness (QED) is 0.337. The predicted molar refractivity (Wildman–Crippen MR) is 145 cm³/mol. The smallest absolute Gasteiger partial charge is 0.315 e. The first-order valence-corrected chi connectivity index (χ1v) is 14.0. The number of nitrogens with one attached hydrogen (secondary N) is 3. The second-order valence-corrected chi connectivity index (χ2v) is 14.2. The normalized spacial score (nSPS) is 26.2. The van der Waals surface area contributed by atoms with Crippen LogP contribution in [0.25, 0.3) is 0 Å². The minimum absolute atomic E-state index is 0.178. The molecule has 2 saturated heterocycles. The first kappa shape index (κ1) is 30.8. The van der Waals surface area contributed by atoms with E-state index in [1.54, 1.807) is 0 Å². The maximum absolute atomic E-state index is 14.1. The molecule has 0 aromatic carbocycles. The van der Waals surface area contributed by atoms with Crippen LogP contribution in [0.3, 0.4) is 0 Å². The summed E-state index contributed by atoms with van der Waals surface area (Å²) < 4.78 is 6.21. The summed E-state index contributed by atoms with van der Waals surface area (Å²) in [6, 6.07) is -3.38. The average Bonchev–Trinajstić information content (AvgIpc) is 3.21. The molecule has 3 aliphatic rings. The van der Waals surface area contributed by atoms with Gasteiger partial charge in [-0.1, -0.05) is 40.0 Å². The number of nitrogens with zero attached hydrogens (tertiary/aromatic N) is 1. The summed E-state index contributed by atoms with van der Waals surface area (Å²) in [6.07, 6.45) is 3.39. The van der Waals surface area contributed by atoms with Crippen LogP contribution in [0.1, 0.15) is 87.5 Å². The number of hydrogen-bond donors (Lipinski definition) is 4. The number of fused-ring (bicyclic) bond motifs is 1. The molecule has 5 amide bonds. The van der Waals surface area contributed by atoms with Crippen molar-refractivity contribution in [2.75, 3.05) is 6.54 Å². The molecular weight excluding hydrogens is 502 g/mol. The molecule has 5 atom stereocenters. The van der Waals surface area contributed by atoms with Crippen LogP contribution in [0.5, 0.6) is 0 Å². The molecule has 1 saturated carbocycles. The van der Waals surface area contributed by atoms with Crippen LogP contribution in [0.2, 0.25) is 0 Å². The van der Waals surface area contributed by atoms with Crippen molar-refractivity contribution < 1.29 is 28.7 Å². The first-order chi connectivity index (χ1) is 17.8. The van der Waals surface area contributed by atoms with E-state index in [9.17, 15) is 24.0 Å². The Morgan fingerprint density at radius 3 is 2.13 bits per heavy atom. The van der Waals surface area contributed by atoms with Crippen LogP contribution in [-0.2, 0) is 23.9 Å². The monoisotopic (exact) mass is 549 g/mol. The van der Waals surface area contributed by atoms with Crippen molar-refractivity contribution in [3.05, 3.63) is 0 Å². The molecule has 1 aliphatic carbocycles. The Hall–Kier alpha value is -2.69. The predicted octanol–water partition coefficient (Wildman–Crippen LogP) is 1.62. The third-order valence-corrected chi connectivity index (χ3v) is 7.89. The van der Waals surface area contributed by atoms with Gasteiger partial charge in [-0.3, -0.25) is 19.2 Å². The fraction of sp³-hybridized carbons (Fsp3) is 0.821. The second-order valence-electron chi connectivity index (χ2n) is 14.2. The molecule has 0 aromatic heterocycles. The van der Waals surface area contributed by atoms with Gasteiger partial charge in [-0.25, -0.2) is 4.79 Å². The van der Waals surface area contributed by atoms with Gasteiger partial charge in [-0.2, -0.15) is 0 Å². The van der Waals surface area contributed by atoms with E-state index < -0.39 is 64.2 Å². The zero-order valence-corrected chi connectivity index (χ0v) is 24.7. The lowest BCUT2D eigenvalue weighted by atomic mass is 9.80. The van der Waals surface area contributed by atoms with Gasteiger partial charge in [0.15, 0.2) is 0 Å². The summed E-state index contributed by atoms with van der Waals surface area (Å²) in [6.45, 7) is 15.1. The minimum Gasteiger partial charge on any atom is -0.370 e. The summed E-state index contributed by atoms with van der Waals surface area (Å²) in [7, 11) is 0. The SMILES string of the molecule is CC(C)(C)NC(=O)NC(C(=O)N1C[C@@H]2OC(C)(C)C[C@@H]2C1C(=O)N[C@@H](CC1CCC1)C(=O)C(N)=O)C(C)(C)C. The van der Waals surface area contributed by atoms with Crippen LogP contribution < -0.4 is 21.7 Å². The molecule has 0 spiro atoms. The fourth-order valence-electron chi connectivity index (χ4n) is 5.88. The molecule has 2 aliphatic heterocycles. The van der Waals surface area contributed by atoms with E-state index in [4.69, 9.17) is 10.5 Å². The number of carbonyl (C=O) groups is 5. The highest BCUT2D eigenvalue weighted by Gasteiger charge is 2.57. The number of ketones is 1. The van der Waals surface area contributed by atoms with Gasteiger partial charge >= 0.3 is 6.03 Å². The van der Waals surface area contributed by atoms with E-state index in [0.29, 0.717) is 12.8 Å². The van der Waals surface area contributed by atoms with E-state index in [-0.39, 0.29) is 24.5 Å². The van der Waals surface area contributed by atoms with E-state index in [1.165, 1.54) is 4.90 Å². The Morgan fingerprint density at radius 2 is 1.64 bits per heavy atom. The number of carbonyl (C=O) groups excluding carboxylic acids is 5. The summed E-state index contributed by atoms with van der Waals surface area (Å²) >= 11 is 0. The number of hydrogen-bond acceptors (Lipinski definition) is 6. The minimum atomic E-state index is -1.09. The van der Waals surface area contributed by atoms with Crippen molar-refractivity contribution in [3.63, 3.8) is 0 Å².